The number of carbonyl (C=O) groups excluding carboxylic acids is 2. The maximum Gasteiger partial charge on any atom is 0.247 e. The van der Waals surface area contributed by atoms with Gasteiger partial charge in [-0.3, -0.25) is 14.3 Å². The second-order valence-corrected chi connectivity index (χ2v) is 4.74. The topological polar surface area (TPSA) is 93.2 Å². The third-order valence-corrected chi connectivity index (χ3v) is 3.36. The first-order valence-electron chi connectivity index (χ1n) is 6.38. The van der Waals surface area contributed by atoms with Crippen LogP contribution in [0.3, 0.4) is 0 Å². The number of amides is 2. The van der Waals surface area contributed by atoms with E-state index in [-0.39, 0.29) is 18.5 Å². The molecule has 1 aliphatic heterocycles. The normalized spacial score (nSPS) is 20.2. The van der Waals surface area contributed by atoms with Crippen molar-refractivity contribution in [1.82, 2.24) is 20.0 Å². The van der Waals surface area contributed by atoms with Crippen molar-refractivity contribution >= 4 is 11.8 Å². The van der Waals surface area contributed by atoms with Crippen molar-refractivity contribution in [2.24, 2.45) is 5.73 Å². The van der Waals surface area contributed by atoms with E-state index in [0.29, 0.717) is 6.54 Å². The molecule has 19 heavy (non-hydrogen) atoms. The average Bonchev–Trinajstić information content (AvgIpc) is 3.05. The minimum Gasteiger partial charge on any atom is -0.368 e. The molecule has 2 rings (SSSR count). The second-order valence-electron chi connectivity index (χ2n) is 4.74. The zero-order valence-corrected chi connectivity index (χ0v) is 11.0. The van der Waals surface area contributed by atoms with E-state index in [9.17, 15) is 9.59 Å². The number of nitrogens with one attached hydrogen (secondary N) is 1. The Bertz CT molecular complexity index is 439. The van der Waals surface area contributed by atoms with E-state index in [1.165, 1.54) is 0 Å². The van der Waals surface area contributed by atoms with Gasteiger partial charge in [0, 0.05) is 25.0 Å². The zero-order valence-electron chi connectivity index (χ0n) is 11.0. The lowest BCUT2D eigenvalue weighted by atomic mass is 10.1. The van der Waals surface area contributed by atoms with E-state index in [0.717, 1.165) is 13.0 Å². The molecule has 0 spiro atoms. The van der Waals surface area contributed by atoms with E-state index >= 15 is 0 Å². The summed E-state index contributed by atoms with van der Waals surface area (Å²) in [5.41, 5.74) is 5.24. The quantitative estimate of drug-likeness (QED) is 0.723. The summed E-state index contributed by atoms with van der Waals surface area (Å²) in [6.07, 6.45) is 4.20. The van der Waals surface area contributed by atoms with Crippen LogP contribution in [0.4, 0.5) is 0 Å². The van der Waals surface area contributed by atoms with E-state index < -0.39 is 11.9 Å². The molecule has 0 aliphatic carbocycles. The summed E-state index contributed by atoms with van der Waals surface area (Å²) in [5, 5.41) is 7.25. The minimum atomic E-state index is -0.493. The van der Waals surface area contributed by atoms with Gasteiger partial charge in [-0.2, -0.15) is 5.10 Å². The van der Waals surface area contributed by atoms with E-state index in [1.54, 1.807) is 35.0 Å². The molecule has 2 atom stereocenters. The van der Waals surface area contributed by atoms with Gasteiger partial charge in [-0.1, -0.05) is 0 Å². The number of nitrogens with two attached hydrogens (primary N) is 1. The minimum absolute atomic E-state index is 0.0259. The SMILES string of the molecule is CC(C(=O)N(CC(N)=O)C1CCNC1)n1cccn1. The lowest BCUT2D eigenvalue weighted by molar-refractivity contribution is -0.140. The van der Waals surface area contributed by atoms with Gasteiger partial charge in [0.15, 0.2) is 0 Å². The molecule has 2 unspecified atom stereocenters. The first-order chi connectivity index (χ1) is 9.09. The number of primary amides is 1. The monoisotopic (exact) mass is 265 g/mol. The van der Waals surface area contributed by atoms with Gasteiger partial charge in [0.1, 0.15) is 6.04 Å². The van der Waals surface area contributed by atoms with Gasteiger partial charge in [-0.15, -0.1) is 0 Å². The molecule has 2 amide bonds. The van der Waals surface area contributed by atoms with Crippen LogP contribution >= 0.6 is 0 Å². The van der Waals surface area contributed by atoms with Gasteiger partial charge in [-0.25, -0.2) is 0 Å². The summed E-state index contributed by atoms with van der Waals surface area (Å²) in [5.74, 6) is -0.621. The van der Waals surface area contributed by atoms with E-state index in [2.05, 4.69) is 10.4 Å². The van der Waals surface area contributed by atoms with Crippen molar-refractivity contribution in [1.29, 1.82) is 0 Å². The van der Waals surface area contributed by atoms with Crippen molar-refractivity contribution in [3.8, 4) is 0 Å². The van der Waals surface area contributed by atoms with E-state index in [1.807, 2.05) is 0 Å². The number of rotatable bonds is 5. The number of hydrogen-bond acceptors (Lipinski definition) is 4. The van der Waals surface area contributed by atoms with Gasteiger partial charge in [0.2, 0.25) is 11.8 Å². The first kappa shape index (κ1) is 13.5. The molecule has 1 saturated heterocycles. The summed E-state index contributed by atoms with van der Waals surface area (Å²) in [6.45, 7) is 3.27. The summed E-state index contributed by atoms with van der Waals surface area (Å²) in [7, 11) is 0. The summed E-state index contributed by atoms with van der Waals surface area (Å²) >= 11 is 0. The average molecular weight is 265 g/mol. The Labute approximate surface area is 111 Å². The molecule has 3 N–H and O–H groups in total. The molecule has 1 aromatic heterocycles. The molecule has 0 radical (unpaired) electrons. The Morgan fingerprint density at radius 1 is 1.63 bits per heavy atom. The molecule has 2 heterocycles. The Balaban J connectivity index is 2.12. The summed E-state index contributed by atoms with van der Waals surface area (Å²) in [4.78, 5) is 25.2. The van der Waals surface area contributed by atoms with Gasteiger partial charge in [0.25, 0.3) is 0 Å². The molecule has 1 fully saturated rings. The van der Waals surface area contributed by atoms with Gasteiger partial charge >= 0.3 is 0 Å². The van der Waals surface area contributed by atoms with Gasteiger partial charge in [0.05, 0.1) is 6.54 Å². The van der Waals surface area contributed by atoms with Crippen LogP contribution in [0.1, 0.15) is 19.4 Å². The first-order valence-corrected chi connectivity index (χ1v) is 6.38. The highest BCUT2D eigenvalue weighted by molar-refractivity contribution is 5.86. The van der Waals surface area contributed by atoms with Gasteiger partial charge in [-0.05, 0) is 26.0 Å². The molecule has 0 saturated carbocycles. The Morgan fingerprint density at radius 3 is 2.95 bits per heavy atom. The van der Waals surface area contributed by atoms with Crippen molar-refractivity contribution < 1.29 is 9.59 Å². The highest BCUT2D eigenvalue weighted by atomic mass is 16.2. The summed E-state index contributed by atoms with van der Waals surface area (Å²) in [6, 6.07) is 1.35. The molecule has 7 heteroatoms. The number of nitrogens with zero attached hydrogens (tertiary/aromatic N) is 3. The maximum absolute atomic E-state index is 12.5. The summed E-state index contributed by atoms with van der Waals surface area (Å²) < 4.78 is 1.58. The van der Waals surface area contributed by atoms with Crippen molar-refractivity contribution in [2.75, 3.05) is 19.6 Å². The number of hydrogen-bond donors (Lipinski definition) is 2. The van der Waals surface area contributed by atoms with Crippen molar-refractivity contribution in [2.45, 2.75) is 25.4 Å². The van der Waals surface area contributed by atoms with E-state index in [4.69, 9.17) is 5.73 Å². The predicted octanol–water partition coefficient (Wildman–Crippen LogP) is -0.880. The highest BCUT2D eigenvalue weighted by Crippen LogP contribution is 2.15. The van der Waals surface area contributed by atoms with Crippen LogP contribution in [0.2, 0.25) is 0 Å². The molecule has 1 aromatic rings. The molecule has 0 bridgehead atoms. The van der Waals surface area contributed by atoms with Crippen LogP contribution in [-0.2, 0) is 9.59 Å². The van der Waals surface area contributed by atoms with Crippen LogP contribution in [0.15, 0.2) is 18.5 Å². The fraction of sp³-hybridized carbons (Fsp3) is 0.583. The molecule has 0 aromatic carbocycles. The fourth-order valence-corrected chi connectivity index (χ4v) is 2.32. The zero-order chi connectivity index (χ0) is 13.8. The highest BCUT2D eigenvalue weighted by Gasteiger charge is 2.31. The number of aromatic nitrogens is 2. The second kappa shape index (κ2) is 5.83. The Hall–Kier alpha value is -1.89. The third kappa shape index (κ3) is 3.11. The third-order valence-electron chi connectivity index (χ3n) is 3.36. The standard InChI is InChI=1S/C12H19N5O2/c1-9(17-6-2-4-15-17)12(19)16(8-11(13)18)10-3-5-14-7-10/h2,4,6,9-10,14H,3,5,7-8H2,1H3,(H2,13,18). The number of carbonyl (C=O) groups is 2. The molecular weight excluding hydrogens is 246 g/mol. The molecule has 104 valence electrons. The largest absolute Gasteiger partial charge is 0.368 e. The molecular formula is C12H19N5O2. The van der Waals surface area contributed by atoms with Crippen molar-refractivity contribution in [3.63, 3.8) is 0 Å². The lowest BCUT2D eigenvalue weighted by Gasteiger charge is -2.29. The Morgan fingerprint density at radius 2 is 2.42 bits per heavy atom. The van der Waals surface area contributed by atoms with Crippen molar-refractivity contribution in [3.05, 3.63) is 18.5 Å². The Kier molecular flexibility index (Phi) is 4.16. The fourth-order valence-electron chi connectivity index (χ4n) is 2.32. The maximum atomic E-state index is 12.5. The van der Waals surface area contributed by atoms with Crippen LogP contribution in [-0.4, -0.2) is 52.2 Å². The smallest absolute Gasteiger partial charge is 0.247 e. The van der Waals surface area contributed by atoms with Gasteiger partial charge < -0.3 is 16.0 Å². The van der Waals surface area contributed by atoms with Crippen LogP contribution < -0.4 is 11.1 Å². The molecule has 1 aliphatic rings. The van der Waals surface area contributed by atoms with Crippen LogP contribution in [0.5, 0.6) is 0 Å². The predicted molar refractivity (Wildman–Crippen MR) is 69.1 cm³/mol. The van der Waals surface area contributed by atoms with Crippen LogP contribution in [0, 0.1) is 0 Å². The van der Waals surface area contributed by atoms with Crippen LogP contribution in [0.25, 0.3) is 0 Å². The lowest BCUT2D eigenvalue weighted by Crippen LogP contribution is -2.48. The molecule has 7 nitrogen and oxygen atoms in total.